The summed E-state index contributed by atoms with van der Waals surface area (Å²) in [4.78, 5) is 12.5. The second-order valence-electron chi connectivity index (χ2n) is 6.57. The zero-order valence-electron chi connectivity index (χ0n) is 15.9. The lowest BCUT2D eigenvalue weighted by atomic mass is 10.0. The fraction of sp³-hybridized carbons (Fsp3) is 0.318. The molecule has 0 aliphatic carbocycles. The van der Waals surface area contributed by atoms with E-state index in [0.717, 1.165) is 22.6 Å². The standard InChI is InChI=1S/C22H27NO3/c1-6-13-25-19-10-8-18(9-11-19)23-22(24)17(5)26-21-14-16(4)7-12-20(21)15(2)3/h6-12,14-15,17H,1,13H2,2-5H3,(H,23,24)/t17-/m1/s1. The highest BCUT2D eigenvalue weighted by Crippen LogP contribution is 2.28. The van der Waals surface area contributed by atoms with Gasteiger partial charge in [-0.2, -0.15) is 0 Å². The molecule has 2 aromatic rings. The molecule has 0 saturated heterocycles. The summed E-state index contributed by atoms with van der Waals surface area (Å²) >= 11 is 0. The third kappa shape index (κ3) is 5.38. The molecule has 2 aromatic carbocycles. The first kappa shape index (κ1) is 19.6. The first-order chi connectivity index (χ1) is 12.4. The maximum atomic E-state index is 12.5. The number of anilines is 1. The molecule has 0 fully saturated rings. The van der Waals surface area contributed by atoms with Gasteiger partial charge in [-0.15, -0.1) is 0 Å². The maximum absolute atomic E-state index is 12.5. The Morgan fingerprint density at radius 3 is 2.46 bits per heavy atom. The summed E-state index contributed by atoms with van der Waals surface area (Å²) in [5, 5.41) is 2.87. The summed E-state index contributed by atoms with van der Waals surface area (Å²) in [7, 11) is 0. The van der Waals surface area contributed by atoms with Crippen LogP contribution in [0.5, 0.6) is 11.5 Å². The van der Waals surface area contributed by atoms with E-state index in [1.165, 1.54) is 0 Å². The van der Waals surface area contributed by atoms with E-state index in [1.54, 1.807) is 25.1 Å². The predicted molar refractivity (Wildman–Crippen MR) is 106 cm³/mol. The van der Waals surface area contributed by atoms with Crippen LogP contribution >= 0.6 is 0 Å². The molecule has 0 unspecified atom stereocenters. The van der Waals surface area contributed by atoms with E-state index in [-0.39, 0.29) is 5.91 Å². The van der Waals surface area contributed by atoms with E-state index in [9.17, 15) is 4.79 Å². The fourth-order valence-corrected chi connectivity index (χ4v) is 2.50. The Bertz CT molecular complexity index is 750. The monoisotopic (exact) mass is 353 g/mol. The third-order valence-electron chi connectivity index (χ3n) is 3.95. The van der Waals surface area contributed by atoms with Crippen LogP contribution in [0.1, 0.15) is 37.8 Å². The lowest BCUT2D eigenvalue weighted by Crippen LogP contribution is -2.30. The molecular weight excluding hydrogens is 326 g/mol. The number of hydrogen-bond acceptors (Lipinski definition) is 3. The van der Waals surface area contributed by atoms with Gasteiger partial charge in [0.2, 0.25) is 0 Å². The highest BCUT2D eigenvalue weighted by atomic mass is 16.5. The van der Waals surface area contributed by atoms with E-state index in [1.807, 2.05) is 25.1 Å². The summed E-state index contributed by atoms with van der Waals surface area (Å²) in [5.74, 6) is 1.62. The lowest BCUT2D eigenvalue weighted by Gasteiger charge is -2.19. The Kier molecular flexibility index (Phi) is 6.84. The Morgan fingerprint density at radius 1 is 1.15 bits per heavy atom. The number of aryl methyl sites for hydroxylation is 1. The highest BCUT2D eigenvalue weighted by molar-refractivity contribution is 5.94. The van der Waals surface area contributed by atoms with Gasteiger partial charge in [0.25, 0.3) is 5.91 Å². The molecular formula is C22H27NO3. The molecule has 0 aliphatic rings. The van der Waals surface area contributed by atoms with E-state index in [0.29, 0.717) is 18.2 Å². The quantitative estimate of drug-likeness (QED) is 0.673. The largest absolute Gasteiger partial charge is 0.490 e. The van der Waals surface area contributed by atoms with E-state index in [2.05, 4.69) is 37.9 Å². The number of carbonyl (C=O) groups excluding carboxylic acids is 1. The molecule has 0 aliphatic heterocycles. The molecule has 0 aromatic heterocycles. The van der Waals surface area contributed by atoms with Gasteiger partial charge >= 0.3 is 0 Å². The van der Waals surface area contributed by atoms with Gasteiger partial charge in [0.05, 0.1) is 0 Å². The topological polar surface area (TPSA) is 47.6 Å². The SMILES string of the molecule is C=CCOc1ccc(NC(=O)[C@@H](C)Oc2cc(C)ccc2C(C)C)cc1. The normalized spacial score (nSPS) is 11.7. The van der Waals surface area contributed by atoms with E-state index >= 15 is 0 Å². The second kappa shape index (κ2) is 9.09. The molecule has 26 heavy (non-hydrogen) atoms. The molecule has 2 rings (SSSR count). The average Bonchev–Trinajstić information content (AvgIpc) is 2.60. The number of amides is 1. The fourth-order valence-electron chi connectivity index (χ4n) is 2.50. The average molecular weight is 353 g/mol. The summed E-state index contributed by atoms with van der Waals surface area (Å²) in [5.41, 5.74) is 2.90. The third-order valence-corrected chi connectivity index (χ3v) is 3.95. The van der Waals surface area contributed by atoms with E-state index < -0.39 is 6.10 Å². The van der Waals surface area contributed by atoms with Crippen molar-refractivity contribution in [2.75, 3.05) is 11.9 Å². The van der Waals surface area contributed by atoms with Gasteiger partial charge in [0, 0.05) is 5.69 Å². The first-order valence-corrected chi connectivity index (χ1v) is 8.82. The van der Waals surface area contributed by atoms with Crippen LogP contribution in [0, 0.1) is 6.92 Å². The van der Waals surface area contributed by atoms with Crippen LogP contribution < -0.4 is 14.8 Å². The Labute approximate surface area is 155 Å². The zero-order chi connectivity index (χ0) is 19.1. The number of carbonyl (C=O) groups is 1. The number of rotatable bonds is 8. The molecule has 0 spiro atoms. The smallest absolute Gasteiger partial charge is 0.265 e. The molecule has 0 saturated carbocycles. The van der Waals surface area contributed by atoms with Gasteiger partial charge in [-0.05, 0) is 61.2 Å². The minimum absolute atomic E-state index is 0.194. The van der Waals surface area contributed by atoms with Crippen LogP contribution in [0.2, 0.25) is 0 Å². The summed E-state index contributed by atoms with van der Waals surface area (Å²) in [6.45, 7) is 12.0. The highest BCUT2D eigenvalue weighted by Gasteiger charge is 2.18. The second-order valence-corrected chi connectivity index (χ2v) is 6.57. The van der Waals surface area contributed by atoms with Gasteiger partial charge in [-0.1, -0.05) is 38.6 Å². The van der Waals surface area contributed by atoms with Crippen molar-refractivity contribution >= 4 is 11.6 Å². The van der Waals surface area contributed by atoms with Gasteiger partial charge < -0.3 is 14.8 Å². The molecule has 0 heterocycles. The molecule has 4 heteroatoms. The minimum Gasteiger partial charge on any atom is -0.490 e. The van der Waals surface area contributed by atoms with Crippen molar-refractivity contribution in [1.29, 1.82) is 0 Å². The minimum atomic E-state index is -0.606. The summed E-state index contributed by atoms with van der Waals surface area (Å²) in [6, 6.07) is 13.3. The molecule has 0 bridgehead atoms. The Hall–Kier alpha value is -2.75. The summed E-state index contributed by atoms with van der Waals surface area (Å²) < 4.78 is 11.4. The predicted octanol–water partition coefficient (Wildman–Crippen LogP) is 5.09. The van der Waals surface area contributed by atoms with Crippen LogP contribution in [0.3, 0.4) is 0 Å². The van der Waals surface area contributed by atoms with Crippen molar-refractivity contribution in [3.63, 3.8) is 0 Å². The lowest BCUT2D eigenvalue weighted by molar-refractivity contribution is -0.122. The van der Waals surface area contributed by atoms with Crippen molar-refractivity contribution < 1.29 is 14.3 Å². The number of benzene rings is 2. The van der Waals surface area contributed by atoms with Crippen molar-refractivity contribution in [2.24, 2.45) is 0 Å². The van der Waals surface area contributed by atoms with Crippen LogP contribution in [-0.4, -0.2) is 18.6 Å². The number of ether oxygens (including phenoxy) is 2. The van der Waals surface area contributed by atoms with E-state index in [4.69, 9.17) is 9.47 Å². The first-order valence-electron chi connectivity index (χ1n) is 8.82. The Morgan fingerprint density at radius 2 is 1.85 bits per heavy atom. The number of nitrogens with one attached hydrogen (secondary N) is 1. The Balaban J connectivity index is 2.01. The van der Waals surface area contributed by atoms with Gasteiger partial charge in [0.1, 0.15) is 18.1 Å². The molecule has 0 radical (unpaired) electrons. The van der Waals surface area contributed by atoms with Crippen molar-refractivity contribution in [3.8, 4) is 11.5 Å². The molecule has 1 amide bonds. The van der Waals surface area contributed by atoms with Crippen LogP contribution in [0.25, 0.3) is 0 Å². The molecule has 138 valence electrons. The molecule has 4 nitrogen and oxygen atoms in total. The van der Waals surface area contributed by atoms with Gasteiger partial charge in [0.15, 0.2) is 6.10 Å². The summed E-state index contributed by atoms with van der Waals surface area (Å²) in [6.07, 6.45) is 1.08. The van der Waals surface area contributed by atoms with Crippen molar-refractivity contribution in [1.82, 2.24) is 0 Å². The van der Waals surface area contributed by atoms with Gasteiger partial charge in [-0.25, -0.2) is 0 Å². The molecule has 1 N–H and O–H groups in total. The molecule has 1 atom stereocenters. The van der Waals surface area contributed by atoms with Crippen LogP contribution in [0.4, 0.5) is 5.69 Å². The van der Waals surface area contributed by atoms with Gasteiger partial charge in [-0.3, -0.25) is 4.79 Å². The van der Waals surface area contributed by atoms with Crippen molar-refractivity contribution in [3.05, 3.63) is 66.2 Å². The van der Waals surface area contributed by atoms with Crippen molar-refractivity contribution in [2.45, 2.75) is 39.7 Å². The zero-order valence-corrected chi connectivity index (χ0v) is 15.9. The van der Waals surface area contributed by atoms with Crippen LogP contribution in [-0.2, 0) is 4.79 Å². The maximum Gasteiger partial charge on any atom is 0.265 e. The number of hydrogen-bond donors (Lipinski definition) is 1. The van der Waals surface area contributed by atoms with Crippen LogP contribution in [0.15, 0.2) is 55.1 Å².